The third-order valence-electron chi connectivity index (χ3n) is 2.69. The number of halogens is 1. The molecule has 0 saturated heterocycles. The summed E-state index contributed by atoms with van der Waals surface area (Å²) in [5.41, 5.74) is 0. The number of nitrogens with one attached hydrogen (secondary N) is 1. The Hall–Kier alpha value is -1.12. The van der Waals surface area contributed by atoms with Crippen molar-refractivity contribution in [1.29, 1.82) is 0 Å². The van der Waals surface area contributed by atoms with Crippen LogP contribution in [0.2, 0.25) is 0 Å². The van der Waals surface area contributed by atoms with Gasteiger partial charge in [-0.2, -0.15) is 0 Å². The Kier molecular flexibility index (Phi) is 4.66. The second-order valence-electron chi connectivity index (χ2n) is 4.35. The number of carbonyl (C=O) groups excluding carboxylic acids is 1. The van der Waals surface area contributed by atoms with Crippen LogP contribution in [0, 0.1) is 0 Å². The summed E-state index contributed by atoms with van der Waals surface area (Å²) in [7, 11) is -2.24. The van der Waals surface area contributed by atoms with Crippen molar-refractivity contribution < 1.29 is 22.7 Å². The van der Waals surface area contributed by atoms with E-state index in [-0.39, 0.29) is 17.5 Å². The molecule has 1 N–H and O–H groups in total. The van der Waals surface area contributed by atoms with Crippen LogP contribution in [0.5, 0.6) is 5.75 Å². The summed E-state index contributed by atoms with van der Waals surface area (Å²) in [6, 6.07) is 4.42. The maximum atomic E-state index is 12.0. The Morgan fingerprint density at radius 1 is 1.45 bits per heavy atom. The lowest BCUT2D eigenvalue weighted by Crippen LogP contribution is -2.25. The van der Waals surface area contributed by atoms with Crippen LogP contribution in [0.25, 0.3) is 0 Å². The predicted octanol–water partition coefficient (Wildman–Crippen LogP) is 1.44. The van der Waals surface area contributed by atoms with Crippen molar-refractivity contribution in [3.8, 4) is 5.75 Å². The molecule has 0 aliphatic heterocycles. The number of ether oxygens (including phenoxy) is 2. The second kappa shape index (κ2) is 6.11. The van der Waals surface area contributed by atoms with E-state index in [2.05, 4.69) is 25.4 Å². The van der Waals surface area contributed by atoms with Gasteiger partial charge < -0.3 is 9.47 Å². The zero-order chi connectivity index (χ0) is 14.8. The fourth-order valence-electron chi connectivity index (χ4n) is 1.45. The lowest BCUT2D eigenvalue weighted by atomic mass is 10.3. The molecule has 1 fully saturated rings. The molecule has 1 aliphatic carbocycles. The molecule has 20 heavy (non-hydrogen) atoms. The summed E-state index contributed by atoms with van der Waals surface area (Å²) in [6.07, 6.45) is 1.75. The van der Waals surface area contributed by atoms with Crippen LogP contribution in [0.15, 0.2) is 27.6 Å². The van der Waals surface area contributed by atoms with Gasteiger partial charge in [0.2, 0.25) is 10.0 Å². The number of hydrogen-bond acceptors (Lipinski definition) is 5. The molecule has 8 heteroatoms. The number of benzene rings is 1. The van der Waals surface area contributed by atoms with E-state index in [0.717, 1.165) is 12.8 Å². The van der Waals surface area contributed by atoms with Crippen molar-refractivity contribution in [2.75, 3.05) is 13.7 Å². The van der Waals surface area contributed by atoms with Crippen molar-refractivity contribution >= 4 is 31.9 Å². The predicted molar refractivity (Wildman–Crippen MR) is 75.0 cm³/mol. The molecule has 0 amide bonds. The van der Waals surface area contributed by atoms with Crippen molar-refractivity contribution in [1.82, 2.24) is 4.72 Å². The maximum Gasteiger partial charge on any atom is 0.343 e. The highest BCUT2D eigenvalue weighted by atomic mass is 79.9. The van der Waals surface area contributed by atoms with E-state index in [1.165, 1.54) is 25.3 Å². The summed E-state index contributed by atoms with van der Waals surface area (Å²) in [5, 5.41) is 0. The number of methoxy groups -OCH3 is 1. The van der Waals surface area contributed by atoms with Gasteiger partial charge in [0.25, 0.3) is 0 Å². The Labute approximate surface area is 125 Å². The quantitative estimate of drug-likeness (QED) is 0.773. The van der Waals surface area contributed by atoms with Gasteiger partial charge >= 0.3 is 5.97 Å². The van der Waals surface area contributed by atoms with Gasteiger partial charge in [-0.3, -0.25) is 0 Å². The fourth-order valence-corrected chi connectivity index (χ4v) is 3.43. The Morgan fingerprint density at radius 3 is 2.70 bits per heavy atom. The Bertz CT molecular complexity index is 612. The Morgan fingerprint density at radius 2 is 2.15 bits per heavy atom. The molecule has 6 nitrogen and oxygen atoms in total. The van der Waals surface area contributed by atoms with E-state index in [9.17, 15) is 13.2 Å². The van der Waals surface area contributed by atoms with Gasteiger partial charge in [0.1, 0.15) is 5.75 Å². The monoisotopic (exact) mass is 363 g/mol. The van der Waals surface area contributed by atoms with Gasteiger partial charge in [-0.05, 0) is 47.0 Å². The highest BCUT2D eigenvalue weighted by molar-refractivity contribution is 9.10. The van der Waals surface area contributed by atoms with E-state index in [1.54, 1.807) is 0 Å². The first-order valence-electron chi connectivity index (χ1n) is 5.94. The van der Waals surface area contributed by atoms with E-state index in [0.29, 0.717) is 10.2 Å². The van der Waals surface area contributed by atoms with Crippen LogP contribution in [-0.4, -0.2) is 34.1 Å². The molecular weight excluding hydrogens is 350 g/mol. The minimum absolute atomic E-state index is 0.0500. The number of carbonyl (C=O) groups is 1. The minimum Gasteiger partial charge on any atom is -0.481 e. The van der Waals surface area contributed by atoms with Gasteiger partial charge in [0.15, 0.2) is 6.61 Å². The molecule has 0 bridgehead atoms. The molecular formula is C12H14BrNO5S. The smallest absolute Gasteiger partial charge is 0.343 e. The minimum atomic E-state index is -3.50. The number of esters is 1. The molecule has 1 saturated carbocycles. The molecule has 0 aromatic heterocycles. The molecule has 110 valence electrons. The first-order valence-corrected chi connectivity index (χ1v) is 8.21. The molecule has 1 aromatic rings. The average molecular weight is 364 g/mol. The van der Waals surface area contributed by atoms with Gasteiger partial charge in [0.05, 0.1) is 16.5 Å². The first kappa shape index (κ1) is 15.3. The third kappa shape index (κ3) is 3.94. The maximum absolute atomic E-state index is 12.0. The zero-order valence-electron chi connectivity index (χ0n) is 10.8. The molecule has 2 rings (SSSR count). The van der Waals surface area contributed by atoms with Gasteiger partial charge in [-0.15, -0.1) is 0 Å². The largest absolute Gasteiger partial charge is 0.481 e. The topological polar surface area (TPSA) is 81.7 Å². The highest BCUT2D eigenvalue weighted by Crippen LogP contribution is 2.29. The Balaban J connectivity index is 2.10. The highest BCUT2D eigenvalue weighted by Gasteiger charge is 2.28. The summed E-state index contributed by atoms with van der Waals surface area (Å²) in [5.74, 6) is -0.134. The van der Waals surface area contributed by atoms with Crippen molar-refractivity contribution in [2.24, 2.45) is 0 Å². The van der Waals surface area contributed by atoms with E-state index in [1.807, 2.05) is 0 Å². The molecule has 1 aliphatic rings. The van der Waals surface area contributed by atoms with Crippen molar-refractivity contribution in [2.45, 2.75) is 23.8 Å². The van der Waals surface area contributed by atoms with E-state index >= 15 is 0 Å². The van der Waals surface area contributed by atoms with Crippen LogP contribution in [-0.2, 0) is 19.6 Å². The number of sulfonamides is 1. The lowest BCUT2D eigenvalue weighted by molar-refractivity contribution is -0.142. The zero-order valence-corrected chi connectivity index (χ0v) is 13.2. The van der Waals surface area contributed by atoms with Crippen LogP contribution >= 0.6 is 15.9 Å². The summed E-state index contributed by atoms with van der Waals surface area (Å²) < 4.78 is 36.7. The molecule has 0 atom stereocenters. The van der Waals surface area contributed by atoms with E-state index < -0.39 is 16.0 Å². The lowest BCUT2D eigenvalue weighted by Gasteiger charge is -2.10. The van der Waals surface area contributed by atoms with Crippen LogP contribution < -0.4 is 9.46 Å². The van der Waals surface area contributed by atoms with E-state index in [4.69, 9.17) is 4.74 Å². The average Bonchev–Trinajstić information content (AvgIpc) is 3.20. The van der Waals surface area contributed by atoms with Crippen molar-refractivity contribution in [3.63, 3.8) is 0 Å². The van der Waals surface area contributed by atoms with Crippen LogP contribution in [0.3, 0.4) is 0 Å². The summed E-state index contributed by atoms with van der Waals surface area (Å²) in [4.78, 5) is 11.1. The molecule has 0 radical (unpaired) electrons. The van der Waals surface area contributed by atoms with Gasteiger partial charge in [-0.25, -0.2) is 17.9 Å². The SMILES string of the molecule is COC(=O)COc1ccc(S(=O)(=O)NC2CC2)cc1Br. The normalized spacial score (nSPS) is 14.9. The molecule has 1 aromatic carbocycles. The second-order valence-corrected chi connectivity index (χ2v) is 6.92. The summed E-state index contributed by atoms with van der Waals surface area (Å²) >= 11 is 3.22. The van der Waals surface area contributed by atoms with Gasteiger partial charge in [0, 0.05) is 6.04 Å². The molecule has 0 spiro atoms. The molecule has 0 unspecified atom stereocenters. The molecule has 0 heterocycles. The summed E-state index contributed by atoms with van der Waals surface area (Å²) in [6.45, 7) is -0.235. The number of rotatable bonds is 6. The van der Waals surface area contributed by atoms with Crippen LogP contribution in [0.4, 0.5) is 0 Å². The van der Waals surface area contributed by atoms with Gasteiger partial charge in [-0.1, -0.05) is 0 Å². The standard InChI is InChI=1S/C12H14BrNO5S/c1-18-12(15)7-19-11-5-4-9(6-10(11)13)20(16,17)14-8-2-3-8/h4-6,8,14H,2-3,7H2,1H3. The van der Waals surface area contributed by atoms with Crippen molar-refractivity contribution in [3.05, 3.63) is 22.7 Å². The van der Waals surface area contributed by atoms with Crippen LogP contribution in [0.1, 0.15) is 12.8 Å². The number of hydrogen-bond donors (Lipinski definition) is 1. The first-order chi connectivity index (χ1) is 9.42. The fraction of sp³-hybridized carbons (Fsp3) is 0.417. The third-order valence-corrected chi connectivity index (χ3v) is 4.82.